The summed E-state index contributed by atoms with van der Waals surface area (Å²) >= 11 is 0. The van der Waals surface area contributed by atoms with Gasteiger partial charge in [-0.3, -0.25) is 9.59 Å². The molecule has 0 aromatic heterocycles. The maximum Gasteiger partial charge on any atom is 0.254 e. The molecule has 0 radical (unpaired) electrons. The van der Waals surface area contributed by atoms with Gasteiger partial charge in [0.2, 0.25) is 0 Å². The fourth-order valence-electron chi connectivity index (χ4n) is 6.73. The zero-order valence-corrected chi connectivity index (χ0v) is 21.9. The molecule has 4 aromatic carbocycles. The standard InChI is InChI=1S/C34H31N3O2/c38-32(25-10-3-1-4-11-25)36-21-18-34(19-22-36)29-23-37(33(39)26-12-5-2-6-13-26)20-17-28(29)31-27-14-8-7-9-24(27)15-16-30(31)35-34/h1-16,35H,17-23H2. The van der Waals surface area contributed by atoms with Gasteiger partial charge >= 0.3 is 0 Å². The van der Waals surface area contributed by atoms with E-state index in [2.05, 4.69) is 41.7 Å². The minimum absolute atomic E-state index is 0.0812. The molecule has 7 rings (SSSR count). The van der Waals surface area contributed by atoms with Crippen LogP contribution in [0.5, 0.6) is 0 Å². The summed E-state index contributed by atoms with van der Waals surface area (Å²) in [4.78, 5) is 30.8. The lowest BCUT2D eigenvalue weighted by molar-refractivity contribution is 0.0686. The highest BCUT2D eigenvalue weighted by Crippen LogP contribution is 2.49. The van der Waals surface area contributed by atoms with Crippen LogP contribution in [0.3, 0.4) is 0 Å². The number of carbonyl (C=O) groups excluding carboxylic acids is 2. The summed E-state index contributed by atoms with van der Waals surface area (Å²) in [5, 5.41) is 6.45. The number of fused-ring (bicyclic) bond motifs is 5. The van der Waals surface area contributed by atoms with Crippen LogP contribution in [0, 0.1) is 0 Å². The third-order valence-electron chi connectivity index (χ3n) is 8.76. The number of rotatable bonds is 2. The molecule has 3 heterocycles. The molecule has 4 aromatic rings. The summed E-state index contributed by atoms with van der Waals surface area (Å²) < 4.78 is 0. The Hall–Kier alpha value is -4.38. The zero-order chi connectivity index (χ0) is 26.4. The zero-order valence-electron chi connectivity index (χ0n) is 21.9. The van der Waals surface area contributed by atoms with Crippen LogP contribution in [0.1, 0.15) is 45.5 Å². The lowest BCUT2D eigenvalue weighted by Crippen LogP contribution is -2.56. The van der Waals surface area contributed by atoms with E-state index in [4.69, 9.17) is 0 Å². The molecule has 1 fully saturated rings. The smallest absolute Gasteiger partial charge is 0.254 e. The highest BCUT2D eigenvalue weighted by Gasteiger charge is 2.46. The molecule has 0 bridgehead atoms. The van der Waals surface area contributed by atoms with Gasteiger partial charge in [0.15, 0.2) is 0 Å². The maximum atomic E-state index is 13.5. The predicted octanol–water partition coefficient (Wildman–Crippen LogP) is 6.24. The Bertz CT molecular complexity index is 1600. The van der Waals surface area contributed by atoms with Crippen LogP contribution in [-0.4, -0.2) is 53.3 Å². The lowest BCUT2D eigenvalue weighted by Gasteiger charge is -2.51. The summed E-state index contributed by atoms with van der Waals surface area (Å²) in [6, 6.07) is 32.1. The molecule has 0 atom stereocenters. The molecule has 2 amide bonds. The number of piperidine rings is 1. The SMILES string of the molecule is O=C(c1ccccc1)N1CCC2(CC1)Nc1ccc3ccccc3c1C1=C2CN(C(=O)c2ccccc2)CC1. The summed E-state index contributed by atoms with van der Waals surface area (Å²) in [6.07, 6.45) is 2.44. The second-order valence-corrected chi connectivity index (χ2v) is 10.9. The number of anilines is 1. The molecule has 3 aliphatic heterocycles. The van der Waals surface area contributed by atoms with Crippen molar-refractivity contribution in [3.63, 3.8) is 0 Å². The first kappa shape index (κ1) is 23.7. The van der Waals surface area contributed by atoms with E-state index in [9.17, 15) is 9.59 Å². The molecular weight excluding hydrogens is 482 g/mol. The van der Waals surface area contributed by atoms with Gasteiger partial charge in [-0.2, -0.15) is 0 Å². The third kappa shape index (κ3) is 4.00. The van der Waals surface area contributed by atoms with E-state index in [-0.39, 0.29) is 17.4 Å². The molecule has 5 heteroatoms. The highest BCUT2D eigenvalue weighted by atomic mass is 16.2. The van der Waals surface area contributed by atoms with E-state index in [1.54, 1.807) is 0 Å². The number of hydrogen-bond acceptors (Lipinski definition) is 3. The Balaban J connectivity index is 1.27. The van der Waals surface area contributed by atoms with Crippen molar-refractivity contribution in [3.05, 3.63) is 119 Å². The maximum absolute atomic E-state index is 13.5. The van der Waals surface area contributed by atoms with Gasteiger partial charge in [0, 0.05) is 48.6 Å². The van der Waals surface area contributed by atoms with Crippen LogP contribution in [0.2, 0.25) is 0 Å². The second-order valence-electron chi connectivity index (χ2n) is 10.9. The van der Waals surface area contributed by atoms with Crippen molar-refractivity contribution in [1.29, 1.82) is 0 Å². The van der Waals surface area contributed by atoms with Crippen LogP contribution < -0.4 is 5.32 Å². The Kier molecular flexibility index (Phi) is 5.73. The third-order valence-corrected chi connectivity index (χ3v) is 8.76. The van der Waals surface area contributed by atoms with Crippen LogP contribution in [-0.2, 0) is 0 Å². The average Bonchev–Trinajstić information content (AvgIpc) is 3.01. The number of nitrogens with one attached hydrogen (secondary N) is 1. The van der Waals surface area contributed by atoms with E-state index in [1.807, 2.05) is 70.5 Å². The molecule has 0 saturated carbocycles. The van der Waals surface area contributed by atoms with E-state index in [0.29, 0.717) is 26.2 Å². The van der Waals surface area contributed by atoms with Gasteiger partial charge in [0.25, 0.3) is 11.8 Å². The van der Waals surface area contributed by atoms with E-state index >= 15 is 0 Å². The van der Waals surface area contributed by atoms with Crippen LogP contribution in [0.15, 0.2) is 103 Å². The van der Waals surface area contributed by atoms with Gasteiger partial charge < -0.3 is 15.1 Å². The minimum atomic E-state index is -0.284. The van der Waals surface area contributed by atoms with Crippen molar-refractivity contribution in [2.75, 3.05) is 31.5 Å². The quantitative estimate of drug-likeness (QED) is 0.345. The largest absolute Gasteiger partial charge is 0.375 e. The summed E-state index contributed by atoms with van der Waals surface area (Å²) in [5.41, 5.74) is 6.32. The average molecular weight is 514 g/mol. The summed E-state index contributed by atoms with van der Waals surface area (Å²) in [7, 11) is 0. The molecule has 39 heavy (non-hydrogen) atoms. The van der Waals surface area contributed by atoms with Gasteiger partial charge in [-0.15, -0.1) is 0 Å². The van der Waals surface area contributed by atoms with Gasteiger partial charge in [0.1, 0.15) is 0 Å². The highest BCUT2D eigenvalue weighted by molar-refractivity contribution is 6.03. The van der Waals surface area contributed by atoms with Gasteiger partial charge in [0.05, 0.1) is 5.54 Å². The number of hydrogen-bond donors (Lipinski definition) is 1. The first-order chi connectivity index (χ1) is 19.1. The molecule has 1 spiro atoms. The van der Waals surface area contributed by atoms with Gasteiger partial charge in [-0.05, 0) is 71.5 Å². The molecular formula is C34H31N3O2. The Labute approximate surface area is 228 Å². The molecule has 194 valence electrons. The lowest BCUT2D eigenvalue weighted by atomic mass is 9.71. The Morgan fingerprint density at radius 3 is 1.97 bits per heavy atom. The normalized spacial score (nSPS) is 17.9. The van der Waals surface area contributed by atoms with Crippen LogP contribution >= 0.6 is 0 Å². The first-order valence-corrected chi connectivity index (χ1v) is 13.8. The summed E-state index contributed by atoms with van der Waals surface area (Å²) in [5.74, 6) is 0.170. The first-order valence-electron chi connectivity index (χ1n) is 13.8. The topological polar surface area (TPSA) is 52.7 Å². The van der Waals surface area contributed by atoms with Crippen molar-refractivity contribution in [1.82, 2.24) is 9.80 Å². The van der Waals surface area contributed by atoms with Crippen molar-refractivity contribution in [2.24, 2.45) is 0 Å². The van der Waals surface area contributed by atoms with E-state index < -0.39 is 0 Å². The summed E-state index contributed by atoms with van der Waals surface area (Å²) in [6.45, 7) is 2.65. The predicted molar refractivity (Wildman–Crippen MR) is 156 cm³/mol. The van der Waals surface area contributed by atoms with Crippen molar-refractivity contribution < 1.29 is 9.59 Å². The fourth-order valence-corrected chi connectivity index (χ4v) is 6.73. The monoisotopic (exact) mass is 513 g/mol. The van der Waals surface area contributed by atoms with Crippen LogP contribution in [0.25, 0.3) is 16.3 Å². The van der Waals surface area contributed by atoms with Crippen molar-refractivity contribution in [2.45, 2.75) is 24.8 Å². The number of nitrogens with zero attached hydrogens (tertiary/aromatic N) is 2. The molecule has 1 saturated heterocycles. The Morgan fingerprint density at radius 1 is 0.667 bits per heavy atom. The second kappa shape index (κ2) is 9.42. The number of carbonyl (C=O) groups is 2. The Morgan fingerprint density at radius 2 is 1.28 bits per heavy atom. The van der Waals surface area contributed by atoms with Gasteiger partial charge in [-0.25, -0.2) is 0 Å². The van der Waals surface area contributed by atoms with Crippen LogP contribution in [0.4, 0.5) is 5.69 Å². The molecule has 1 N–H and O–H groups in total. The fraction of sp³-hybridized carbons (Fsp3) is 0.235. The molecule has 0 aliphatic carbocycles. The van der Waals surface area contributed by atoms with E-state index in [1.165, 1.54) is 27.5 Å². The minimum Gasteiger partial charge on any atom is -0.375 e. The molecule has 0 unspecified atom stereocenters. The van der Waals surface area contributed by atoms with Crippen molar-refractivity contribution in [3.8, 4) is 0 Å². The number of amides is 2. The molecule has 3 aliphatic rings. The number of benzene rings is 4. The van der Waals surface area contributed by atoms with Crippen molar-refractivity contribution >= 4 is 33.8 Å². The van der Waals surface area contributed by atoms with Gasteiger partial charge in [-0.1, -0.05) is 66.7 Å². The molecule has 5 nitrogen and oxygen atoms in total. The number of likely N-dealkylation sites (tertiary alicyclic amines) is 1. The van der Waals surface area contributed by atoms with E-state index in [0.717, 1.165) is 36.1 Å².